The summed E-state index contributed by atoms with van der Waals surface area (Å²) in [5.41, 5.74) is 3.75. The Bertz CT molecular complexity index is 1290. The fourth-order valence-corrected chi connectivity index (χ4v) is 4.58. The van der Waals surface area contributed by atoms with Gasteiger partial charge in [-0.2, -0.15) is 0 Å². The van der Waals surface area contributed by atoms with Crippen molar-refractivity contribution < 1.29 is 14.3 Å². The van der Waals surface area contributed by atoms with Crippen molar-refractivity contribution in [2.24, 2.45) is 5.92 Å². The fraction of sp³-hybridized carbons (Fsp3) is 0.250. The second-order valence-electron chi connectivity index (χ2n) is 8.57. The molecule has 1 atom stereocenters. The van der Waals surface area contributed by atoms with Gasteiger partial charge in [-0.3, -0.25) is 14.8 Å². The van der Waals surface area contributed by atoms with Crippen molar-refractivity contribution in [2.75, 3.05) is 20.2 Å². The van der Waals surface area contributed by atoms with Crippen LogP contribution in [0.4, 0.5) is 0 Å². The van der Waals surface area contributed by atoms with E-state index in [2.05, 4.69) is 28.2 Å². The van der Waals surface area contributed by atoms with Crippen LogP contribution in [0.3, 0.4) is 0 Å². The van der Waals surface area contributed by atoms with E-state index in [1.54, 1.807) is 25.4 Å². The molecule has 2 aromatic carbocycles. The summed E-state index contributed by atoms with van der Waals surface area (Å²) in [7, 11) is 1.59. The van der Waals surface area contributed by atoms with Crippen molar-refractivity contribution in [3.63, 3.8) is 0 Å². The summed E-state index contributed by atoms with van der Waals surface area (Å²) in [6, 6.07) is 21.4. The molecular formula is C28H27N3O3. The van der Waals surface area contributed by atoms with Crippen LogP contribution in [0.2, 0.25) is 0 Å². The van der Waals surface area contributed by atoms with Crippen molar-refractivity contribution in [2.45, 2.75) is 19.4 Å². The van der Waals surface area contributed by atoms with E-state index in [9.17, 15) is 4.79 Å². The highest BCUT2D eigenvalue weighted by Crippen LogP contribution is 2.31. The van der Waals surface area contributed by atoms with Crippen molar-refractivity contribution in [3.8, 4) is 11.5 Å². The minimum absolute atomic E-state index is 0.0247. The zero-order chi connectivity index (χ0) is 23.3. The van der Waals surface area contributed by atoms with Crippen LogP contribution in [0.25, 0.3) is 10.9 Å². The lowest BCUT2D eigenvalue weighted by Crippen LogP contribution is -2.29. The van der Waals surface area contributed by atoms with Crippen LogP contribution >= 0.6 is 0 Å². The second-order valence-corrected chi connectivity index (χ2v) is 8.57. The Labute approximate surface area is 199 Å². The predicted molar refractivity (Wildman–Crippen MR) is 131 cm³/mol. The normalized spacial score (nSPS) is 15.4. The first-order valence-electron chi connectivity index (χ1n) is 11.5. The first kappa shape index (κ1) is 21.9. The minimum Gasteiger partial charge on any atom is -0.493 e. The van der Waals surface area contributed by atoms with Gasteiger partial charge in [0.05, 0.1) is 18.3 Å². The maximum Gasteiger partial charge on any atom is 0.254 e. The summed E-state index contributed by atoms with van der Waals surface area (Å²) >= 11 is 0. The molecule has 6 nitrogen and oxygen atoms in total. The van der Waals surface area contributed by atoms with E-state index >= 15 is 0 Å². The molecule has 5 rings (SSSR count). The SMILES string of the molecule is COc1cc(C(=O)N2CC[C@@H](Cc3cccc4ncccc34)C2)ccc1OCc1ccccn1. The Balaban J connectivity index is 1.24. The number of nitrogens with zero attached hydrogens (tertiary/aromatic N) is 3. The maximum atomic E-state index is 13.2. The summed E-state index contributed by atoms with van der Waals surface area (Å²) in [5, 5.41) is 1.20. The van der Waals surface area contributed by atoms with Gasteiger partial charge >= 0.3 is 0 Å². The molecule has 1 fully saturated rings. The average molecular weight is 454 g/mol. The molecule has 0 unspecified atom stereocenters. The zero-order valence-electron chi connectivity index (χ0n) is 19.2. The number of amides is 1. The smallest absolute Gasteiger partial charge is 0.254 e. The molecule has 0 aliphatic carbocycles. The van der Waals surface area contributed by atoms with E-state index in [1.165, 1.54) is 10.9 Å². The number of hydrogen-bond acceptors (Lipinski definition) is 5. The van der Waals surface area contributed by atoms with Crippen molar-refractivity contribution in [1.82, 2.24) is 14.9 Å². The molecule has 0 radical (unpaired) electrons. The Kier molecular flexibility index (Phi) is 6.38. The maximum absolute atomic E-state index is 13.2. The van der Waals surface area contributed by atoms with Gasteiger partial charge in [0.15, 0.2) is 11.5 Å². The molecule has 34 heavy (non-hydrogen) atoms. The highest BCUT2D eigenvalue weighted by molar-refractivity contribution is 5.95. The number of likely N-dealkylation sites (tertiary alicyclic amines) is 1. The van der Waals surface area contributed by atoms with Crippen LogP contribution in [0, 0.1) is 5.92 Å². The minimum atomic E-state index is 0.0247. The van der Waals surface area contributed by atoms with E-state index in [4.69, 9.17) is 9.47 Å². The van der Waals surface area contributed by atoms with Gasteiger partial charge in [0, 0.05) is 36.4 Å². The van der Waals surface area contributed by atoms with Crippen LogP contribution in [-0.2, 0) is 13.0 Å². The number of rotatable bonds is 7. The number of pyridine rings is 2. The van der Waals surface area contributed by atoms with Gasteiger partial charge in [0.2, 0.25) is 0 Å². The summed E-state index contributed by atoms with van der Waals surface area (Å²) in [6.07, 6.45) is 5.49. The molecule has 1 aliphatic heterocycles. The molecule has 1 aliphatic rings. The Morgan fingerprint density at radius 1 is 1.00 bits per heavy atom. The number of benzene rings is 2. The van der Waals surface area contributed by atoms with E-state index in [1.807, 2.05) is 47.5 Å². The molecule has 6 heteroatoms. The van der Waals surface area contributed by atoms with Gasteiger partial charge in [0.1, 0.15) is 6.61 Å². The fourth-order valence-electron chi connectivity index (χ4n) is 4.58. The van der Waals surface area contributed by atoms with Gasteiger partial charge in [-0.05, 0) is 66.8 Å². The number of fused-ring (bicyclic) bond motifs is 1. The van der Waals surface area contributed by atoms with Crippen molar-refractivity contribution >= 4 is 16.8 Å². The first-order valence-corrected chi connectivity index (χ1v) is 11.5. The first-order chi connectivity index (χ1) is 16.7. The van der Waals surface area contributed by atoms with Gasteiger partial charge in [-0.25, -0.2) is 0 Å². The molecule has 2 aromatic heterocycles. The molecule has 172 valence electrons. The number of methoxy groups -OCH3 is 1. The number of carbonyl (C=O) groups excluding carboxylic acids is 1. The third kappa shape index (κ3) is 4.71. The monoisotopic (exact) mass is 453 g/mol. The quantitative estimate of drug-likeness (QED) is 0.397. The second kappa shape index (κ2) is 9.91. The third-order valence-corrected chi connectivity index (χ3v) is 6.33. The highest BCUT2D eigenvalue weighted by atomic mass is 16.5. The Morgan fingerprint density at radius 2 is 1.91 bits per heavy atom. The van der Waals surface area contributed by atoms with Crippen LogP contribution in [0.1, 0.15) is 28.0 Å². The summed E-state index contributed by atoms with van der Waals surface area (Å²) < 4.78 is 11.4. The number of carbonyl (C=O) groups is 1. The molecular weight excluding hydrogens is 426 g/mol. The molecule has 4 aromatic rings. The summed E-state index contributed by atoms with van der Waals surface area (Å²) in [5.74, 6) is 1.59. The lowest BCUT2D eigenvalue weighted by Gasteiger charge is -2.18. The molecule has 0 bridgehead atoms. The molecule has 0 spiro atoms. The predicted octanol–water partition coefficient (Wildman–Crippen LogP) is 4.92. The summed E-state index contributed by atoms with van der Waals surface area (Å²) in [4.78, 5) is 23.9. The third-order valence-electron chi connectivity index (χ3n) is 6.33. The summed E-state index contributed by atoms with van der Waals surface area (Å²) in [6.45, 7) is 1.84. The van der Waals surface area contributed by atoms with Gasteiger partial charge in [-0.1, -0.05) is 24.3 Å². The van der Waals surface area contributed by atoms with Gasteiger partial charge in [-0.15, -0.1) is 0 Å². The molecule has 1 saturated heterocycles. The van der Waals surface area contributed by atoms with E-state index in [0.29, 0.717) is 29.6 Å². The number of hydrogen-bond donors (Lipinski definition) is 0. The van der Waals surface area contributed by atoms with Crippen molar-refractivity contribution in [1.29, 1.82) is 0 Å². The van der Waals surface area contributed by atoms with E-state index in [0.717, 1.165) is 37.1 Å². The van der Waals surface area contributed by atoms with Crippen molar-refractivity contribution in [3.05, 3.63) is 95.9 Å². The van der Waals surface area contributed by atoms with Crippen LogP contribution in [0.15, 0.2) is 79.1 Å². The van der Waals surface area contributed by atoms with Gasteiger partial charge < -0.3 is 14.4 Å². The number of aromatic nitrogens is 2. The number of ether oxygens (including phenoxy) is 2. The van der Waals surface area contributed by atoms with Crippen LogP contribution in [0.5, 0.6) is 11.5 Å². The Hall–Kier alpha value is -3.93. The Morgan fingerprint density at radius 3 is 2.76 bits per heavy atom. The molecule has 0 saturated carbocycles. The van der Waals surface area contributed by atoms with E-state index in [-0.39, 0.29) is 5.91 Å². The lowest BCUT2D eigenvalue weighted by molar-refractivity contribution is 0.0786. The molecule has 0 N–H and O–H groups in total. The average Bonchev–Trinajstić information content (AvgIpc) is 3.36. The molecule has 3 heterocycles. The zero-order valence-corrected chi connectivity index (χ0v) is 19.2. The lowest BCUT2D eigenvalue weighted by atomic mass is 9.96. The topological polar surface area (TPSA) is 64.5 Å². The van der Waals surface area contributed by atoms with E-state index < -0.39 is 0 Å². The van der Waals surface area contributed by atoms with Gasteiger partial charge in [0.25, 0.3) is 5.91 Å². The van der Waals surface area contributed by atoms with Crippen LogP contribution in [-0.4, -0.2) is 41.0 Å². The molecule has 1 amide bonds. The largest absolute Gasteiger partial charge is 0.493 e. The standard InChI is InChI=1S/C28H27N3O3/c1-33-27-17-22(10-11-26(27)34-19-23-7-2-3-13-29-23)28(32)31-15-12-20(18-31)16-21-6-4-9-25-24(21)8-5-14-30-25/h2-11,13-14,17,20H,12,15-16,18-19H2,1H3/t20-/m0/s1. The highest BCUT2D eigenvalue weighted by Gasteiger charge is 2.28. The van der Waals surface area contributed by atoms with Crippen LogP contribution < -0.4 is 9.47 Å².